The van der Waals surface area contributed by atoms with Crippen LogP contribution in [-0.2, 0) is 9.05 Å². The van der Waals surface area contributed by atoms with Gasteiger partial charge in [0.1, 0.15) is 0 Å². The number of nitrogens with one attached hydrogen (secondary N) is 1. The quantitative estimate of drug-likeness (QED) is 0.543. The minimum Gasteiger partial charge on any atom is -0.335 e. The van der Waals surface area contributed by atoms with Crippen molar-refractivity contribution in [2.45, 2.75) is 52.6 Å². The van der Waals surface area contributed by atoms with Crippen LogP contribution < -0.4 is 5.32 Å². The van der Waals surface area contributed by atoms with E-state index in [1.54, 1.807) is 0 Å². The van der Waals surface area contributed by atoms with Crippen molar-refractivity contribution in [1.82, 2.24) is 5.32 Å². The summed E-state index contributed by atoms with van der Waals surface area (Å²) in [6, 6.07) is 5.13. The molecule has 18 heavy (non-hydrogen) atoms. The van der Waals surface area contributed by atoms with E-state index in [2.05, 4.69) is 33.0 Å². The molecule has 0 aliphatic rings. The fourth-order valence-electron chi connectivity index (χ4n) is 0.985. The van der Waals surface area contributed by atoms with Gasteiger partial charge >= 0.3 is 0 Å². The highest BCUT2D eigenvalue weighted by atomic mass is 31.1. The molecule has 1 N–H and O–H groups in total. The Morgan fingerprint density at radius 1 is 0.944 bits per heavy atom. The lowest BCUT2D eigenvalue weighted by Gasteiger charge is -2.10. The zero-order valence-electron chi connectivity index (χ0n) is 11.7. The van der Waals surface area contributed by atoms with Crippen LogP contribution in [0.15, 0.2) is 0 Å². The van der Waals surface area contributed by atoms with Crippen molar-refractivity contribution < 1.29 is 9.05 Å². The van der Waals surface area contributed by atoms with Crippen LogP contribution in [0.5, 0.6) is 0 Å². The molecule has 0 rings (SSSR count). The summed E-state index contributed by atoms with van der Waals surface area (Å²) in [5, 5.41) is 19.5. The Kier molecular flexibility index (Phi) is 17.8. The summed E-state index contributed by atoms with van der Waals surface area (Å²) < 4.78 is 9.79. The second-order valence-corrected chi connectivity index (χ2v) is 4.82. The number of hydrogen-bond acceptors (Lipinski definition) is 5. The molecule has 0 aliphatic carbocycles. The van der Waals surface area contributed by atoms with Gasteiger partial charge in [0.25, 0.3) is 0 Å². The molecule has 0 radical (unpaired) electrons. The topological polar surface area (TPSA) is 78.1 Å². The molecule has 104 valence electrons. The highest BCUT2D eigenvalue weighted by Gasteiger charge is 1.92. The maximum absolute atomic E-state index is 8.10. The molecule has 0 unspecified atom stereocenters. The lowest BCUT2D eigenvalue weighted by molar-refractivity contribution is 0.275. The monoisotopic (exact) mass is 273 g/mol. The lowest BCUT2D eigenvalue weighted by Crippen LogP contribution is -2.29. The van der Waals surface area contributed by atoms with Crippen LogP contribution in [0.2, 0.25) is 0 Å². The van der Waals surface area contributed by atoms with E-state index < -0.39 is 0 Å². The van der Waals surface area contributed by atoms with Crippen LogP contribution in [0, 0.1) is 22.7 Å². The highest BCUT2D eigenvalue weighted by Crippen LogP contribution is 2.13. The van der Waals surface area contributed by atoms with Crippen molar-refractivity contribution in [3.05, 3.63) is 0 Å². The molecule has 0 atom stereocenters. The zero-order chi connectivity index (χ0) is 14.2. The average Bonchev–Trinajstić information content (AvgIpc) is 2.27. The van der Waals surface area contributed by atoms with Gasteiger partial charge in [-0.3, -0.25) is 0 Å². The number of nitrogens with zero attached hydrogens (tertiary/aromatic N) is 2. The molecule has 0 heterocycles. The highest BCUT2D eigenvalue weighted by molar-refractivity contribution is 7.26. The van der Waals surface area contributed by atoms with Crippen LogP contribution in [0.25, 0.3) is 0 Å². The van der Waals surface area contributed by atoms with Gasteiger partial charge in [0, 0.05) is 12.1 Å². The third-order valence-corrected chi connectivity index (χ3v) is 2.06. The average molecular weight is 273 g/mol. The summed E-state index contributed by atoms with van der Waals surface area (Å²) in [6.45, 7) is 9.42. The summed E-state index contributed by atoms with van der Waals surface area (Å²) in [5.74, 6) is 0. The zero-order valence-corrected chi connectivity index (χ0v) is 12.7. The molecule has 0 fully saturated rings. The largest absolute Gasteiger partial charge is 0.335 e. The predicted molar refractivity (Wildman–Crippen MR) is 74.1 cm³/mol. The second kappa shape index (κ2) is 16.3. The Balaban J connectivity index is 0. The van der Waals surface area contributed by atoms with Crippen molar-refractivity contribution >= 4 is 9.03 Å². The van der Waals surface area contributed by atoms with Crippen molar-refractivity contribution in [3.8, 4) is 12.1 Å². The summed E-state index contributed by atoms with van der Waals surface area (Å²) in [6.07, 6.45) is 0.767. The third kappa shape index (κ3) is 24.5. The molecule has 0 aromatic carbocycles. The number of nitriles is 2. The lowest BCUT2D eigenvalue weighted by atomic mass is 10.3. The van der Waals surface area contributed by atoms with Gasteiger partial charge in [0.2, 0.25) is 0 Å². The first kappa shape index (κ1) is 19.6. The summed E-state index contributed by atoms with van der Waals surface area (Å²) >= 11 is 0. The molecule has 0 amide bonds. The Bertz CT molecular complexity index is 223. The van der Waals surface area contributed by atoms with E-state index in [1.807, 2.05) is 12.1 Å². The molecule has 0 aliphatic heterocycles. The smallest absolute Gasteiger partial charge is 0.155 e. The van der Waals surface area contributed by atoms with Gasteiger partial charge in [0.05, 0.1) is 38.2 Å². The van der Waals surface area contributed by atoms with Crippen LogP contribution >= 0.6 is 9.03 Å². The SMILES string of the molecule is CC(C)NC(C)C.N#CCCOPOCCC#N. The molecule has 0 bridgehead atoms. The minimum atomic E-state index is -0.0503. The van der Waals surface area contributed by atoms with E-state index in [-0.39, 0.29) is 9.03 Å². The Morgan fingerprint density at radius 3 is 1.56 bits per heavy atom. The van der Waals surface area contributed by atoms with Crippen LogP contribution in [0.3, 0.4) is 0 Å². The van der Waals surface area contributed by atoms with Gasteiger partial charge in [-0.1, -0.05) is 27.7 Å². The van der Waals surface area contributed by atoms with Gasteiger partial charge in [0.15, 0.2) is 9.03 Å². The normalized spacial score (nSPS) is 9.56. The van der Waals surface area contributed by atoms with Gasteiger partial charge in [-0.25, -0.2) is 0 Å². The fraction of sp³-hybridized carbons (Fsp3) is 0.833. The van der Waals surface area contributed by atoms with E-state index >= 15 is 0 Å². The Morgan fingerprint density at radius 2 is 1.33 bits per heavy atom. The van der Waals surface area contributed by atoms with Crippen LogP contribution in [-0.4, -0.2) is 25.3 Å². The van der Waals surface area contributed by atoms with Gasteiger partial charge in [-0.15, -0.1) is 0 Å². The Labute approximate surface area is 112 Å². The summed E-state index contributed by atoms with van der Waals surface area (Å²) in [5.41, 5.74) is 0. The van der Waals surface area contributed by atoms with Crippen molar-refractivity contribution in [1.29, 1.82) is 10.5 Å². The molecular weight excluding hydrogens is 249 g/mol. The van der Waals surface area contributed by atoms with Crippen molar-refractivity contribution in [3.63, 3.8) is 0 Å². The van der Waals surface area contributed by atoms with E-state index in [4.69, 9.17) is 19.6 Å². The van der Waals surface area contributed by atoms with Gasteiger partial charge in [-0.05, 0) is 0 Å². The predicted octanol–water partition coefficient (Wildman–Crippen LogP) is 2.75. The van der Waals surface area contributed by atoms with Crippen LogP contribution in [0.4, 0.5) is 0 Å². The van der Waals surface area contributed by atoms with E-state index in [1.165, 1.54) is 0 Å². The number of rotatable bonds is 8. The molecule has 0 saturated carbocycles. The summed E-state index contributed by atoms with van der Waals surface area (Å²) in [7, 11) is -0.0503. The molecule has 5 nitrogen and oxygen atoms in total. The van der Waals surface area contributed by atoms with Crippen molar-refractivity contribution in [2.24, 2.45) is 0 Å². The first-order valence-electron chi connectivity index (χ1n) is 6.03. The van der Waals surface area contributed by atoms with E-state index in [9.17, 15) is 0 Å². The van der Waals surface area contributed by atoms with Gasteiger partial charge in [-0.2, -0.15) is 10.5 Å². The molecule has 0 aromatic rings. The van der Waals surface area contributed by atoms with Crippen molar-refractivity contribution in [2.75, 3.05) is 13.2 Å². The minimum absolute atomic E-state index is 0.0503. The molecule has 0 aromatic heterocycles. The first-order chi connectivity index (χ1) is 8.54. The van der Waals surface area contributed by atoms with E-state index in [0.29, 0.717) is 38.1 Å². The standard InChI is InChI=1S/C6H9N2O2P.C6H15N/c7-3-1-5-9-11-10-6-2-4-8;1-5(2)7-6(3)4/h11H,1-2,5-6H2;5-7H,1-4H3. The second-order valence-electron chi connectivity index (χ2n) is 4.07. The molecule has 0 spiro atoms. The maximum Gasteiger partial charge on any atom is 0.155 e. The third-order valence-electron chi connectivity index (χ3n) is 1.42. The maximum atomic E-state index is 8.10. The molecule has 0 saturated heterocycles. The fourth-order valence-corrected chi connectivity index (χ4v) is 1.44. The van der Waals surface area contributed by atoms with E-state index in [0.717, 1.165) is 0 Å². The molecular formula is C12H24N3O2P. The number of hydrogen-bond donors (Lipinski definition) is 1. The van der Waals surface area contributed by atoms with Gasteiger partial charge < -0.3 is 14.4 Å². The Hall–Kier alpha value is -0.710. The molecule has 6 heteroatoms. The first-order valence-corrected chi connectivity index (χ1v) is 6.84. The van der Waals surface area contributed by atoms with Crippen LogP contribution in [0.1, 0.15) is 40.5 Å². The summed E-state index contributed by atoms with van der Waals surface area (Å²) in [4.78, 5) is 0.